The number of ether oxygens (including phenoxy) is 6. The van der Waals surface area contributed by atoms with Gasteiger partial charge in [0.25, 0.3) is 0 Å². The van der Waals surface area contributed by atoms with Crippen molar-refractivity contribution in [1.82, 2.24) is 0 Å². The smallest absolute Gasteiger partial charge is 0.306 e. The van der Waals surface area contributed by atoms with Crippen LogP contribution >= 0.6 is 0 Å². The maximum absolute atomic E-state index is 12.9. The van der Waals surface area contributed by atoms with Crippen molar-refractivity contribution >= 4 is 11.9 Å². The van der Waals surface area contributed by atoms with Crippen LogP contribution in [0.1, 0.15) is 168 Å². The SMILES string of the molecule is CCCCCC/C=C/CCCCCCCC(=O)OC[C@H](CO[C@@H]1O[C@H](CO[C@@H]2O[C@H](CO)[C@H](O)C(O)C2O)[C@H](O)C(O)C1O)OC(=O)CCCCC/C=C/CCCCCCCC. The Morgan fingerprint density at radius 1 is 0.500 bits per heavy atom. The summed E-state index contributed by atoms with van der Waals surface area (Å²) in [7, 11) is 0. The Morgan fingerprint density at radius 2 is 0.919 bits per heavy atom. The summed E-state index contributed by atoms with van der Waals surface area (Å²) in [6.45, 7) is 2.53. The van der Waals surface area contributed by atoms with E-state index in [0.29, 0.717) is 12.8 Å². The molecule has 0 aromatic carbocycles. The summed E-state index contributed by atoms with van der Waals surface area (Å²) in [5.41, 5.74) is 0. The highest BCUT2D eigenvalue weighted by molar-refractivity contribution is 5.70. The molecule has 2 saturated heterocycles. The largest absolute Gasteiger partial charge is 0.462 e. The second-order valence-electron chi connectivity index (χ2n) is 16.9. The molecule has 2 heterocycles. The minimum atomic E-state index is -1.77. The molecule has 7 N–H and O–H groups in total. The first-order chi connectivity index (χ1) is 30.0. The maximum atomic E-state index is 12.9. The van der Waals surface area contributed by atoms with Gasteiger partial charge >= 0.3 is 11.9 Å². The lowest BCUT2D eigenvalue weighted by Crippen LogP contribution is -2.61. The third-order valence-corrected chi connectivity index (χ3v) is 11.4. The summed E-state index contributed by atoms with van der Waals surface area (Å²) >= 11 is 0. The standard InChI is InChI=1S/C47H84O15/c1-3-5-7-9-11-13-15-17-19-21-23-25-27-29-38(49)57-32-35(60-39(50)30-28-26-24-22-20-18-16-14-12-10-8-6-4-2)33-58-46-45(56)43(54)41(52)37(62-46)34-59-47-44(55)42(53)40(51)36(31-48)61-47/h13,15,18,20,35-37,40-48,51-56H,3-12,14,16-17,19,21-34H2,1-2H3/b15-13+,20-18+/t35-,36-,37-,40+,41+,42?,43?,44?,45?,46-,47-/m1/s1. The number of hydrogen-bond acceptors (Lipinski definition) is 15. The molecule has 0 bridgehead atoms. The van der Waals surface area contributed by atoms with Crippen molar-refractivity contribution < 1.29 is 73.8 Å². The van der Waals surface area contributed by atoms with E-state index >= 15 is 0 Å². The quantitative estimate of drug-likeness (QED) is 0.0231. The number of allylic oxidation sites excluding steroid dienone is 4. The summed E-state index contributed by atoms with van der Waals surface area (Å²) in [6, 6.07) is 0. The van der Waals surface area contributed by atoms with E-state index in [1.54, 1.807) is 0 Å². The molecular formula is C47H84O15. The molecule has 2 aliphatic heterocycles. The van der Waals surface area contributed by atoms with Gasteiger partial charge in [-0.2, -0.15) is 0 Å². The van der Waals surface area contributed by atoms with E-state index in [2.05, 4.69) is 38.2 Å². The summed E-state index contributed by atoms with van der Waals surface area (Å²) < 4.78 is 33.5. The van der Waals surface area contributed by atoms with Gasteiger partial charge in [0.15, 0.2) is 18.7 Å². The lowest BCUT2D eigenvalue weighted by molar-refractivity contribution is -0.332. The Balaban J connectivity index is 1.86. The number of carbonyl (C=O) groups is 2. The van der Waals surface area contributed by atoms with Crippen LogP contribution in [0.3, 0.4) is 0 Å². The van der Waals surface area contributed by atoms with E-state index in [9.17, 15) is 45.3 Å². The molecule has 0 aliphatic carbocycles. The molecule has 62 heavy (non-hydrogen) atoms. The molecular weight excluding hydrogens is 805 g/mol. The molecule has 15 heteroatoms. The van der Waals surface area contributed by atoms with Crippen LogP contribution in [0.4, 0.5) is 0 Å². The van der Waals surface area contributed by atoms with Gasteiger partial charge in [0.1, 0.15) is 55.4 Å². The molecule has 11 atom stereocenters. The zero-order valence-electron chi connectivity index (χ0n) is 37.9. The fourth-order valence-electron chi connectivity index (χ4n) is 7.38. The normalized spacial score (nSPS) is 27.2. The van der Waals surface area contributed by atoms with Gasteiger partial charge in [-0.25, -0.2) is 0 Å². The molecule has 0 aromatic rings. The van der Waals surface area contributed by atoms with Crippen molar-refractivity contribution in [2.24, 2.45) is 0 Å². The van der Waals surface area contributed by atoms with Crippen LogP contribution in [-0.2, 0) is 38.0 Å². The second-order valence-corrected chi connectivity index (χ2v) is 16.9. The molecule has 2 fully saturated rings. The van der Waals surface area contributed by atoms with E-state index in [1.165, 1.54) is 64.2 Å². The van der Waals surface area contributed by atoms with Gasteiger partial charge in [-0.1, -0.05) is 115 Å². The first-order valence-electron chi connectivity index (χ1n) is 23.9. The number of aliphatic hydroxyl groups excluding tert-OH is 7. The van der Waals surface area contributed by atoms with Gasteiger partial charge in [-0.05, 0) is 64.2 Å². The van der Waals surface area contributed by atoms with Crippen molar-refractivity contribution in [2.45, 2.75) is 235 Å². The average Bonchev–Trinajstić information content (AvgIpc) is 3.26. The first kappa shape index (κ1) is 56.1. The van der Waals surface area contributed by atoms with E-state index in [-0.39, 0.29) is 26.1 Å². The summed E-state index contributed by atoms with van der Waals surface area (Å²) in [4.78, 5) is 25.6. The third-order valence-electron chi connectivity index (χ3n) is 11.4. The van der Waals surface area contributed by atoms with Crippen molar-refractivity contribution in [3.05, 3.63) is 24.3 Å². The third kappa shape index (κ3) is 23.8. The van der Waals surface area contributed by atoms with Crippen molar-refractivity contribution in [3.63, 3.8) is 0 Å². The molecule has 4 unspecified atom stereocenters. The Labute approximate surface area is 371 Å². The first-order valence-corrected chi connectivity index (χ1v) is 23.9. The van der Waals surface area contributed by atoms with E-state index in [0.717, 1.165) is 64.2 Å². The van der Waals surface area contributed by atoms with Gasteiger partial charge in [-0.3, -0.25) is 9.59 Å². The van der Waals surface area contributed by atoms with E-state index in [1.807, 2.05) is 0 Å². The highest BCUT2D eigenvalue weighted by Gasteiger charge is 2.47. The molecule has 0 spiro atoms. The summed E-state index contributed by atoms with van der Waals surface area (Å²) in [5.74, 6) is -0.953. The molecule has 0 aromatic heterocycles. The van der Waals surface area contributed by atoms with Gasteiger partial charge in [0, 0.05) is 12.8 Å². The Bertz CT molecular complexity index is 1180. The second kappa shape index (κ2) is 35.3. The minimum absolute atomic E-state index is 0.144. The average molecular weight is 889 g/mol. The molecule has 2 rings (SSSR count). The van der Waals surface area contributed by atoms with Crippen molar-refractivity contribution in [1.29, 1.82) is 0 Å². The number of aliphatic hydroxyl groups is 7. The molecule has 15 nitrogen and oxygen atoms in total. The van der Waals surface area contributed by atoms with Crippen LogP contribution in [-0.4, -0.2) is 142 Å². The molecule has 0 radical (unpaired) electrons. The van der Waals surface area contributed by atoms with Crippen LogP contribution < -0.4 is 0 Å². The van der Waals surface area contributed by atoms with Crippen LogP contribution in [0, 0.1) is 0 Å². The zero-order chi connectivity index (χ0) is 45.4. The van der Waals surface area contributed by atoms with Crippen molar-refractivity contribution in [3.8, 4) is 0 Å². The lowest BCUT2D eigenvalue weighted by Gasteiger charge is -2.42. The Hall–Kier alpha value is -2.02. The fourth-order valence-corrected chi connectivity index (χ4v) is 7.38. The summed E-state index contributed by atoms with van der Waals surface area (Å²) in [6.07, 6.45) is 16.5. The van der Waals surface area contributed by atoms with Crippen molar-refractivity contribution in [2.75, 3.05) is 26.4 Å². The monoisotopic (exact) mass is 889 g/mol. The number of unbranched alkanes of at least 4 members (excludes halogenated alkanes) is 18. The predicted molar refractivity (Wildman–Crippen MR) is 234 cm³/mol. The number of esters is 2. The Morgan fingerprint density at radius 3 is 1.45 bits per heavy atom. The van der Waals surface area contributed by atoms with Gasteiger partial charge in [0.05, 0.1) is 19.8 Å². The highest BCUT2D eigenvalue weighted by atomic mass is 16.7. The van der Waals surface area contributed by atoms with Crippen LogP contribution in [0.15, 0.2) is 24.3 Å². The predicted octanol–water partition coefficient (Wildman–Crippen LogP) is 5.60. The maximum Gasteiger partial charge on any atom is 0.306 e. The molecule has 362 valence electrons. The summed E-state index contributed by atoms with van der Waals surface area (Å²) in [5, 5.41) is 71.9. The van der Waals surface area contributed by atoms with Gasteiger partial charge in [0.2, 0.25) is 0 Å². The van der Waals surface area contributed by atoms with Crippen LogP contribution in [0.5, 0.6) is 0 Å². The topological polar surface area (TPSA) is 231 Å². The molecule has 2 aliphatic rings. The fraction of sp³-hybridized carbons (Fsp3) is 0.872. The van der Waals surface area contributed by atoms with E-state index in [4.69, 9.17) is 28.4 Å². The number of rotatable bonds is 36. The number of hydrogen-bond donors (Lipinski definition) is 7. The Kier molecular flexibility index (Phi) is 31.9. The van der Waals surface area contributed by atoms with Crippen LogP contribution in [0.2, 0.25) is 0 Å². The molecule has 0 saturated carbocycles. The van der Waals surface area contributed by atoms with Gasteiger partial charge < -0.3 is 64.2 Å². The van der Waals surface area contributed by atoms with E-state index < -0.39 is 92.7 Å². The number of carbonyl (C=O) groups excluding carboxylic acids is 2. The molecule has 0 amide bonds. The lowest BCUT2D eigenvalue weighted by atomic mass is 9.98. The van der Waals surface area contributed by atoms with Crippen LogP contribution in [0.25, 0.3) is 0 Å². The zero-order valence-corrected chi connectivity index (χ0v) is 37.9. The van der Waals surface area contributed by atoms with Gasteiger partial charge in [-0.15, -0.1) is 0 Å². The highest BCUT2D eigenvalue weighted by Crippen LogP contribution is 2.26. The minimum Gasteiger partial charge on any atom is -0.462 e.